The zero-order chi connectivity index (χ0) is 19.1. The molecule has 0 fully saturated rings. The molecule has 6 heteroatoms. The molecule has 0 radical (unpaired) electrons. The van der Waals surface area contributed by atoms with Crippen LogP contribution in [0.5, 0.6) is 11.5 Å². The Kier molecular flexibility index (Phi) is 7.21. The van der Waals surface area contributed by atoms with Crippen molar-refractivity contribution in [3.63, 3.8) is 0 Å². The third-order valence-electron chi connectivity index (χ3n) is 3.54. The molecular formula is C20H23BrN2O3. The Morgan fingerprint density at radius 3 is 2.62 bits per heavy atom. The van der Waals surface area contributed by atoms with Gasteiger partial charge in [0, 0.05) is 23.3 Å². The first kappa shape index (κ1) is 20.0. The summed E-state index contributed by atoms with van der Waals surface area (Å²) in [6, 6.07) is 9.24. The van der Waals surface area contributed by atoms with E-state index < -0.39 is 0 Å². The molecule has 0 spiro atoms. The number of methoxy groups -OCH3 is 1. The van der Waals surface area contributed by atoms with Crippen LogP contribution in [0, 0.1) is 0 Å². The van der Waals surface area contributed by atoms with Crippen LogP contribution in [0.15, 0.2) is 47.1 Å². The number of pyridine rings is 1. The topological polar surface area (TPSA) is 51.7 Å². The molecule has 2 rings (SSSR count). The van der Waals surface area contributed by atoms with Crippen LogP contribution in [0.1, 0.15) is 26.3 Å². The molecule has 1 aromatic carbocycles. The molecule has 1 heterocycles. The van der Waals surface area contributed by atoms with Crippen molar-refractivity contribution in [1.82, 2.24) is 4.98 Å². The number of halogens is 1. The number of carbonyl (C=O) groups excluding carboxylic acids is 1. The zero-order valence-electron chi connectivity index (χ0n) is 15.4. The first-order chi connectivity index (χ1) is 12.4. The second-order valence-corrected chi connectivity index (χ2v) is 6.74. The SMILES string of the molecule is CCN(C(=O)/C=C/c1ccc(OC(C)C)c(OC)c1)c1ccc(Br)cn1. The maximum absolute atomic E-state index is 12.5. The summed E-state index contributed by atoms with van der Waals surface area (Å²) in [7, 11) is 1.60. The van der Waals surface area contributed by atoms with Gasteiger partial charge in [0.15, 0.2) is 11.5 Å². The fourth-order valence-corrected chi connectivity index (χ4v) is 2.59. The Morgan fingerprint density at radius 1 is 1.27 bits per heavy atom. The van der Waals surface area contributed by atoms with Crippen molar-refractivity contribution in [2.75, 3.05) is 18.6 Å². The minimum absolute atomic E-state index is 0.0587. The predicted molar refractivity (Wildman–Crippen MR) is 108 cm³/mol. The highest BCUT2D eigenvalue weighted by molar-refractivity contribution is 9.10. The van der Waals surface area contributed by atoms with Crippen molar-refractivity contribution < 1.29 is 14.3 Å². The van der Waals surface area contributed by atoms with Crippen molar-refractivity contribution in [2.24, 2.45) is 0 Å². The molecule has 0 aliphatic carbocycles. The lowest BCUT2D eigenvalue weighted by atomic mass is 10.2. The molecule has 0 aliphatic rings. The quantitative estimate of drug-likeness (QED) is 0.611. The number of ether oxygens (including phenoxy) is 2. The molecular weight excluding hydrogens is 396 g/mol. The van der Waals surface area contributed by atoms with Crippen molar-refractivity contribution in [2.45, 2.75) is 26.9 Å². The van der Waals surface area contributed by atoms with E-state index in [9.17, 15) is 4.79 Å². The summed E-state index contributed by atoms with van der Waals surface area (Å²) in [4.78, 5) is 18.4. The van der Waals surface area contributed by atoms with E-state index in [0.29, 0.717) is 23.9 Å². The van der Waals surface area contributed by atoms with E-state index in [2.05, 4.69) is 20.9 Å². The summed E-state index contributed by atoms with van der Waals surface area (Å²) >= 11 is 3.35. The second-order valence-electron chi connectivity index (χ2n) is 5.83. The van der Waals surface area contributed by atoms with Gasteiger partial charge in [0.25, 0.3) is 5.91 Å². The largest absolute Gasteiger partial charge is 0.493 e. The van der Waals surface area contributed by atoms with Gasteiger partial charge in [-0.2, -0.15) is 0 Å². The van der Waals surface area contributed by atoms with E-state index >= 15 is 0 Å². The summed E-state index contributed by atoms with van der Waals surface area (Å²) in [5.41, 5.74) is 0.853. The van der Waals surface area contributed by atoms with Crippen molar-refractivity contribution >= 4 is 33.7 Å². The number of anilines is 1. The van der Waals surface area contributed by atoms with E-state index in [1.807, 2.05) is 45.0 Å². The van der Waals surface area contributed by atoms with Crippen molar-refractivity contribution in [3.8, 4) is 11.5 Å². The van der Waals surface area contributed by atoms with Gasteiger partial charge in [0.05, 0.1) is 13.2 Å². The summed E-state index contributed by atoms with van der Waals surface area (Å²) in [5, 5.41) is 0. The van der Waals surface area contributed by atoms with Crippen LogP contribution in [-0.2, 0) is 4.79 Å². The van der Waals surface area contributed by atoms with Gasteiger partial charge >= 0.3 is 0 Å². The predicted octanol–water partition coefficient (Wildman–Crippen LogP) is 4.71. The molecule has 0 unspecified atom stereocenters. The molecule has 26 heavy (non-hydrogen) atoms. The van der Waals surface area contributed by atoms with Gasteiger partial charge in [-0.3, -0.25) is 9.69 Å². The third-order valence-corrected chi connectivity index (χ3v) is 4.01. The third kappa shape index (κ3) is 5.33. The molecule has 2 aromatic rings. The van der Waals surface area contributed by atoms with Gasteiger partial charge < -0.3 is 9.47 Å². The average Bonchev–Trinajstić information content (AvgIpc) is 2.62. The highest BCUT2D eigenvalue weighted by Gasteiger charge is 2.12. The number of hydrogen-bond acceptors (Lipinski definition) is 4. The molecule has 0 saturated heterocycles. The summed E-state index contributed by atoms with van der Waals surface area (Å²) in [6.07, 6.45) is 5.02. The summed E-state index contributed by atoms with van der Waals surface area (Å²) in [6.45, 7) is 6.36. The summed E-state index contributed by atoms with van der Waals surface area (Å²) < 4.78 is 11.9. The number of carbonyl (C=O) groups is 1. The number of amides is 1. The van der Waals surface area contributed by atoms with Gasteiger partial charge in [0.1, 0.15) is 5.82 Å². The molecule has 5 nitrogen and oxygen atoms in total. The lowest BCUT2D eigenvalue weighted by Gasteiger charge is -2.18. The van der Waals surface area contributed by atoms with Crippen LogP contribution in [0.2, 0.25) is 0 Å². The minimum atomic E-state index is -0.135. The smallest absolute Gasteiger partial charge is 0.252 e. The van der Waals surface area contributed by atoms with Gasteiger partial charge in [-0.1, -0.05) is 6.07 Å². The monoisotopic (exact) mass is 418 g/mol. The Morgan fingerprint density at radius 2 is 2.04 bits per heavy atom. The molecule has 0 aliphatic heterocycles. The van der Waals surface area contributed by atoms with Crippen LogP contribution in [-0.4, -0.2) is 30.6 Å². The highest BCUT2D eigenvalue weighted by atomic mass is 79.9. The lowest BCUT2D eigenvalue weighted by molar-refractivity contribution is -0.114. The summed E-state index contributed by atoms with van der Waals surface area (Å²) in [5.74, 6) is 1.79. The van der Waals surface area contributed by atoms with Crippen LogP contribution < -0.4 is 14.4 Å². The fourth-order valence-electron chi connectivity index (χ4n) is 2.36. The van der Waals surface area contributed by atoms with E-state index in [-0.39, 0.29) is 12.0 Å². The van der Waals surface area contributed by atoms with Gasteiger partial charge in [0.2, 0.25) is 0 Å². The Hall–Kier alpha value is -2.34. The minimum Gasteiger partial charge on any atom is -0.493 e. The average molecular weight is 419 g/mol. The van der Waals surface area contributed by atoms with Gasteiger partial charge in [-0.15, -0.1) is 0 Å². The zero-order valence-corrected chi connectivity index (χ0v) is 17.0. The van der Waals surface area contributed by atoms with Crippen LogP contribution in [0.3, 0.4) is 0 Å². The first-order valence-corrected chi connectivity index (χ1v) is 9.19. The second kappa shape index (κ2) is 9.38. The number of rotatable bonds is 7. The number of likely N-dealkylation sites (N-methyl/N-ethyl adjacent to an activating group) is 1. The van der Waals surface area contributed by atoms with E-state index in [4.69, 9.17) is 9.47 Å². The molecule has 0 bridgehead atoms. The normalized spacial score (nSPS) is 11.0. The number of aromatic nitrogens is 1. The fraction of sp³-hybridized carbons (Fsp3) is 0.300. The number of benzene rings is 1. The number of nitrogens with zero attached hydrogens (tertiary/aromatic N) is 2. The molecule has 0 N–H and O–H groups in total. The van der Waals surface area contributed by atoms with Crippen molar-refractivity contribution in [3.05, 3.63) is 52.6 Å². The highest BCUT2D eigenvalue weighted by Crippen LogP contribution is 2.29. The molecule has 1 amide bonds. The first-order valence-electron chi connectivity index (χ1n) is 8.40. The van der Waals surface area contributed by atoms with E-state index in [0.717, 1.165) is 10.0 Å². The molecule has 1 aromatic heterocycles. The molecule has 0 saturated carbocycles. The van der Waals surface area contributed by atoms with Gasteiger partial charge in [-0.05, 0) is 72.6 Å². The Labute approximate surface area is 162 Å². The molecule has 138 valence electrons. The Balaban J connectivity index is 2.16. The van der Waals surface area contributed by atoms with Crippen LogP contribution >= 0.6 is 15.9 Å². The maximum Gasteiger partial charge on any atom is 0.252 e. The Bertz CT molecular complexity index is 773. The van der Waals surface area contributed by atoms with Crippen molar-refractivity contribution in [1.29, 1.82) is 0 Å². The molecule has 0 atom stereocenters. The maximum atomic E-state index is 12.5. The number of hydrogen-bond donors (Lipinski definition) is 0. The standard InChI is InChI=1S/C20H23BrN2O3/c1-5-23(19-10-8-16(21)13-22-19)20(24)11-7-15-6-9-17(26-14(2)3)18(12-15)25-4/h6-14H,5H2,1-4H3/b11-7+. The van der Waals surface area contributed by atoms with Crippen LogP contribution in [0.25, 0.3) is 6.08 Å². The lowest BCUT2D eigenvalue weighted by Crippen LogP contribution is -2.29. The van der Waals surface area contributed by atoms with Crippen LogP contribution in [0.4, 0.5) is 5.82 Å². The van der Waals surface area contributed by atoms with Gasteiger partial charge in [-0.25, -0.2) is 4.98 Å². The van der Waals surface area contributed by atoms with E-state index in [1.54, 1.807) is 30.3 Å². The van der Waals surface area contributed by atoms with E-state index in [1.165, 1.54) is 6.08 Å².